The van der Waals surface area contributed by atoms with Crippen molar-refractivity contribution in [1.82, 2.24) is 9.88 Å². The Morgan fingerprint density at radius 3 is 2.58 bits per heavy atom. The molecule has 0 radical (unpaired) electrons. The number of aryl methyl sites for hydroxylation is 1. The molecular weight excluding hydrogens is 300 g/mol. The van der Waals surface area contributed by atoms with Crippen LogP contribution in [0.5, 0.6) is 0 Å². The highest BCUT2D eigenvalue weighted by atomic mass is 16.2. The van der Waals surface area contributed by atoms with Crippen LogP contribution in [0.15, 0.2) is 65.6 Å². The fourth-order valence-electron chi connectivity index (χ4n) is 2.81. The lowest BCUT2D eigenvalue weighted by atomic mass is 10.0. The van der Waals surface area contributed by atoms with E-state index in [1.807, 2.05) is 19.1 Å². The number of pyridine rings is 1. The Morgan fingerprint density at radius 1 is 1.08 bits per heavy atom. The van der Waals surface area contributed by atoms with Crippen LogP contribution in [0.3, 0.4) is 0 Å². The van der Waals surface area contributed by atoms with Crippen LogP contribution in [0.1, 0.15) is 22.8 Å². The van der Waals surface area contributed by atoms with E-state index in [9.17, 15) is 9.59 Å². The number of benzene rings is 2. The molecule has 3 aromatic rings. The van der Waals surface area contributed by atoms with E-state index in [-0.39, 0.29) is 17.5 Å². The number of carbonyl (C=O) groups excluding carboxylic acids is 1. The van der Waals surface area contributed by atoms with Gasteiger partial charge in [0.1, 0.15) is 0 Å². The van der Waals surface area contributed by atoms with Gasteiger partial charge in [-0.15, -0.1) is 0 Å². The molecule has 24 heavy (non-hydrogen) atoms. The van der Waals surface area contributed by atoms with E-state index in [2.05, 4.69) is 35.6 Å². The van der Waals surface area contributed by atoms with Crippen molar-refractivity contribution >= 4 is 16.7 Å². The summed E-state index contributed by atoms with van der Waals surface area (Å²) >= 11 is 0. The Balaban J connectivity index is 1.69. The number of rotatable bonds is 4. The number of fused-ring (bicyclic) bond motifs is 1. The van der Waals surface area contributed by atoms with E-state index in [1.54, 1.807) is 19.3 Å². The highest BCUT2D eigenvalue weighted by Crippen LogP contribution is 2.16. The lowest BCUT2D eigenvalue weighted by Gasteiger charge is -2.15. The summed E-state index contributed by atoms with van der Waals surface area (Å²) in [7, 11) is 1.64. The highest BCUT2D eigenvalue weighted by Gasteiger charge is 2.11. The maximum absolute atomic E-state index is 12.3. The van der Waals surface area contributed by atoms with Crippen LogP contribution >= 0.6 is 0 Å². The van der Waals surface area contributed by atoms with Crippen molar-refractivity contribution in [1.29, 1.82) is 0 Å². The SMILES string of the molecule is C[C@H](Cc1ccc2ccccc2c1)NC(=O)c1ccc(=O)n(C)c1. The summed E-state index contributed by atoms with van der Waals surface area (Å²) in [5.41, 5.74) is 1.54. The fraction of sp³-hybridized carbons (Fsp3) is 0.200. The monoisotopic (exact) mass is 320 g/mol. The zero-order chi connectivity index (χ0) is 17.1. The molecule has 0 aliphatic heterocycles. The Morgan fingerprint density at radius 2 is 1.83 bits per heavy atom. The third kappa shape index (κ3) is 3.54. The van der Waals surface area contributed by atoms with Gasteiger partial charge in [0, 0.05) is 25.4 Å². The van der Waals surface area contributed by atoms with Crippen molar-refractivity contribution in [3.63, 3.8) is 0 Å². The molecule has 0 fully saturated rings. The smallest absolute Gasteiger partial charge is 0.252 e. The first-order valence-electron chi connectivity index (χ1n) is 7.98. The third-order valence-corrected chi connectivity index (χ3v) is 4.08. The van der Waals surface area contributed by atoms with Gasteiger partial charge < -0.3 is 9.88 Å². The maximum atomic E-state index is 12.3. The minimum Gasteiger partial charge on any atom is -0.349 e. The van der Waals surface area contributed by atoms with Gasteiger partial charge in [0.15, 0.2) is 0 Å². The number of hydrogen-bond donors (Lipinski definition) is 1. The minimum absolute atomic E-state index is 0.00380. The standard InChI is InChI=1S/C20H20N2O2/c1-14(21-20(24)18-9-10-19(23)22(2)13-18)11-15-7-8-16-5-3-4-6-17(16)12-15/h3-10,12-14H,11H2,1-2H3,(H,21,24)/t14-/m1/s1. The third-order valence-electron chi connectivity index (χ3n) is 4.08. The molecule has 2 aromatic carbocycles. The van der Waals surface area contributed by atoms with Crippen molar-refractivity contribution < 1.29 is 4.79 Å². The topological polar surface area (TPSA) is 51.1 Å². The number of aromatic nitrogens is 1. The Labute approximate surface area is 140 Å². The predicted molar refractivity (Wildman–Crippen MR) is 96.3 cm³/mol. The predicted octanol–water partition coefficient (Wildman–Crippen LogP) is 2.90. The Hall–Kier alpha value is -2.88. The number of nitrogens with one attached hydrogen (secondary N) is 1. The number of hydrogen-bond acceptors (Lipinski definition) is 2. The van der Waals surface area contributed by atoms with Gasteiger partial charge in [-0.3, -0.25) is 9.59 Å². The molecule has 1 N–H and O–H groups in total. The van der Waals surface area contributed by atoms with Crippen LogP contribution in [0.4, 0.5) is 0 Å². The van der Waals surface area contributed by atoms with Gasteiger partial charge in [-0.2, -0.15) is 0 Å². The zero-order valence-electron chi connectivity index (χ0n) is 13.8. The molecule has 0 aliphatic carbocycles. The highest BCUT2D eigenvalue weighted by molar-refractivity contribution is 5.94. The molecule has 1 atom stereocenters. The first-order chi connectivity index (χ1) is 11.5. The van der Waals surface area contributed by atoms with E-state index < -0.39 is 0 Å². The van der Waals surface area contributed by atoms with Crippen LogP contribution in [-0.2, 0) is 13.5 Å². The molecule has 1 aromatic heterocycles. The average molecular weight is 320 g/mol. The average Bonchev–Trinajstić information content (AvgIpc) is 2.57. The van der Waals surface area contributed by atoms with Crippen molar-refractivity contribution in [3.8, 4) is 0 Å². The van der Waals surface area contributed by atoms with Gasteiger partial charge in [0.25, 0.3) is 5.91 Å². The van der Waals surface area contributed by atoms with Gasteiger partial charge in [-0.05, 0) is 35.7 Å². The van der Waals surface area contributed by atoms with E-state index in [0.29, 0.717) is 5.56 Å². The van der Waals surface area contributed by atoms with Gasteiger partial charge in [0.2, 0.25) is 5.56 Å². The number of nitrogens with zero attached hydrogens (tertiary/aromatic N) is 1. The second kappa shape index (κ2) is 6.71. The molecule has 1 amide bonds. The van der Waals surface area contributed by atoms with Crippen molar-refractivity contribution in [2.75, 3.05) is 0 Å². The van der Waals surface area contributed by atoms with Crippen LogP contribution < -0.4 is 10.9 Å². The molecule has 4 nitrogen and oxygen atoms in total. The summed E-state index contributed by atoms with van der Waals surface area (Å²) in [6.07, 6.45) is 2.31. The maximum Gasteiger partial charge on any atom is 0.252 e. The van der Waals surface area contributed by atoms with Crippen LogP contribution in [0.2, 0.25) is 0 Å². The van der Waals surface area contributed by atoms with Crippen molar-refractivity contribution in [3.05, 3.63) is 82.3 Å². The number of carbonyl (C=O) groups is 1. The molecule has 0 unspecified atom stereocenters. The molecule has 1 heterocycles. The van der Waals surface area contributed by atoms with Crippen LogP contribution in [-0.4, -0.2) is 16.5 Å². The van der Waals surface area contributed by atoms with Crippen molar-refractivity contribution in [2.24, 2.45) is 7.05 Å². The van der Waals surface area contributed by atoms with E-state index in [4.69, 9.17) is 0 Å². The van der Waals surface area contributed by atoms with Crippen LogP contribution in [0.25, 0.3) is 10.8 Å². The Kier molecular flexibility index (Phi) is 4.47. The molecule has 3 rings (SSSR count). The van der Waals surface area contributed by atoms with Gasteiger partial charge in [-0.25, -0.2) is 0 Å². The second-order valence-corrected chi connectivity index (χ2v) is 6.13. The summed E-state index contributed by atoms with van der Waals surface area (Å²) < 4.78 is 1.41. The molecule has 0 bridgehead atoms. The van der Waals surface area contributed by atoms with Gasteiger partial charge >= 0.3 is 0 Å². The van der Waals surface area contributed by atoms with Gasteiger partial charge in [-0.1, -0.05) is 42.5 Å². The van der Waals surface area contributed by atoms with E-state index >= 15 is 0 Å². The quantitative estimate of drug-likeness (QED) is 0.803. The summed E-state index contributed by atoms with van der Waals surface area (Å²) in [4.78, 5) is 23.7. The van der Waals surface area contributed by atoms with E-state index in [1.165, 1.54) is 27.0 Å². The molecule has 4 heteroatoms. The molecule has 0 saturated heterocycles. The Bertz CT molecular complexity index is 944. The largest absolute Gasteiger partial charge is 0.349 e. The molecular formula is C20H20N2O2. The molecule has 0 spiro atoms. The number of amides is 1. The van der Waals surface area contributed by atoms with Gasteiger partial charge in [0.05, 0.1) is 5.56 Å². The molecule has 0 saturated carbocycles. The van der Waals surface area contributed by atoms with E-state index in [0.717, 1.165) is 6.42 Å². The fourth-order valence-corrected chi connectivity index (χ4v) is 2.81. The molecule has 0 aliphatic rings. The second-order valence-electron chi connectivity index (χ2n) is 6.13. The first kappa shape index (κ1) is 16.0. The lowest BCUT2D eigenvalue weighted by molar-refractivity contribution is 0.0939. The summed E-state index contributed by atoms with van der Waals surface area (Å²) in [5, 5.41) is 5.40. The molecule has 122 valence electrons. The van der Waals surface area contributed by atoms with Crippen molar-refractivity contribution in [2.45, 2.75) is 19.4 Å². The zero-order valence-corrected chi connectivity index (χ0v) is 13.8. The normalized spacial score (nSPS) is 12.1. The minimum atomic E-state index is -0.168. The summed E-state index contributed by atoms with van der Waals surface area (Å²) in [6, 6.07) is 17.5. The van der Waals surface area contributed by atoms with Crippen LogP contribution in [0, 0.1) is 0 Å². The first-order valence-corrected chi connectivity index (χ1v) is 7.98. The lowest BCUT2D eigenvalue weighted by Crippen LogP contribution is -2.34. The summed E-state index contributed by atoms with van der Waals surface area (Å²) in [5.74, 6) is -0.168. The summed E-state index contributed by atoms with van der Waals surface area (Å²) in [6.45, 7) is 1.98.